The van der Waals surface area contributed by atoms with Gasteiger partial charge in [0.1, 0.15) is 11.9 Å². The summed E-state index contributed by atoms with van der Waals surface area (Å²) in [5.41, 5.74) is 1.24. The van der Waals surface area contributed by atoms with Gasteiger partial charge in [-0.05, 0) is 48.7 Å². The molecule has 162 valence electrons. The fraction of sp³-hybridized carbons (Fsp3) is 0.417. The molecule has 2 fully saturated rings. The van der Waals surface area contributed by atoms with Crippen LogP contribution < -0.4 is 10.1 Å². The summed E-state index contributed by atoms with van der Waals surface area (Å²) < 4.78 is 12.3. The molecule has 3 atom stereocenters. The second kappa shape index (κ2) is 8.17. The Labute approximate surface area is 186 Å². The maximum atomic E-state index is 13.5. The number of halogens is 1. The topological polar surface area (TPSA) is 67.9 Å². The quantitative estimate of drug-likeness (QED) is 0.783. The van der Waals surface area contributed by atoms with Crippen molar-refractivity contribution in [1.29, 1.82) is 0 Å². The zero-order valence-corrected chi connectivity index (χ0v) is 17.9. The molecule has 1 spiro atoms. The molecule has 1 N–H and O–H groups in total. The molecule has 0 unspecified atom stereocenters. The van der Waals surface area contributed by atoms with Crippen molar-refractivity contribution in [3.05, 3.63) is 59.1 Å². The number of anilines is 1. The van der Waals surface area contributed by atoms with E-state index in [1.165, 1.54) is 0 Å². The minimum atomic E-state index is -0.442. The van der Waals surface area contributed by atoms with Crippen molar-refractivity contribution < 1.29 is 19.1 Å². The van der Waals surface area contributed by atoms with Gasteiger partial charge in [0, 0.05) is 36.6 Å². The molecule has 3 aliphatic rings. The molecule has 0 aromatic heterocycles. The number of benzene rings is 2. The van der Waals surface area contributed by atoms with Crippen LogP contribution in [0.5, 0.6) is 5.75 Å². The standard InChI is InChI=1S/C24H25ClN2O4/c25-16-6-8-17(9-7-16)31-18-13-24(30-14-18)10-3-11-27(15-24)23(29)20-12-22(28)26-21-5-2-1-4-19(20)21/h1-2,4-9,18,20H,3,10-15H2,(H,26,28)/t18-,20-,24+/m1/s1. The van der Waals surface area contributed by atoms with Crippen molar-refractivity contribution in [2.24, 2.45) is 0 Å². The minimum Gasteiger partial charge on any atom is -0.488 e. The lowest BCUT2D eigenvalue weighted by Crippen LogP contribution is -2.52. The first-order chi connectivity index (χ1) is 15.0. The Hall–Kier alpha value is -2.57. The molecule has 0 aliphatic carbocycles. The van der Waals surface area contributed by atoms with Gasteiger partial charge in [-0.1, -0.05) is 29.8 Å². The highest BCUT2D eigenvalue weighted by atomic mass is 35.5. The number of amides is 2. The third-order valence-corrected chi connectivity index (χ3v) is 6.69. The molecule has 6 nitrogen and oxygen atoms in total. The van der Waals surface area contributed by atoms with Crippen LogP contribution in [0.25, 0.3) is 0 Å². The number of hydrogen-bond acceptors (Lipinski definition) is 4. The maximum absolute atomic E-state index is 13.5. The number of nitrogens with zero attached hydrogens (tertiary/aromatic N) is 1. The summed E-state index contributed by atoms with van der Waals surface area (Å²) in [5, 5.41) is 3.54. The number of nitrogens with one attached hydrogen (secondary N) is 1. The van der Waals surface area contributed by atoms with Gasteiger partial charge in [0.25, 0.3) is 0 Å². The Balaban J connectivity index is 1.28. The molecule has 2 amide bonds. The number of carbonyl (C=O) groups excluding carboxylic acids is 2. The third-order valence-electron chi connectivity index (χ3n) is 6.44. The van der Waals surface area contributed by atoms with Crippen LogP contribution in [0.4, 0.5) is 5.69 Å². The first-order valence-corrected chi connectivity index (χ1v) is 11.1. The lowest BCUT2D eigenvalue weighted by Gasteiger charge is -2.41. The molecular formula is C24H25ClN2O4. The van der Waals surface area contributed by atoms with E-state index in [9.17, 15) is 9.59 Å². The second-order valence-electron chi connectivity index (χ2n) is 8.65. The maximum Gasteiger partial charge on any atom is 0.230 e. The van der Waals surface area contributed by atoms with Gasteiger partial charge in [-0.2, -0.15) is 0 Å². The van der Waals surface area contributed by atoms with E-state index in [2.05, 4.69) is 5.32 Å². The van der Waals surface area contributed by atoms with Gasteiger partial charge in [0.2, 0.25) is 11.8 Å². The SMILES string of the molecule is O=C1C[C@@H](C(=O)N2CCC[C@]3(C[C@@H](Oc4ccc(Cl)cc4)CO3)C2)c2ccccc2N1. The van der Waals surface area contributed by atoms with E-state index in [1.54, 1.807) is 0 Å². The number of piperidine rings is 1. The van der Waals surface area contributed by atoms with Gasteiger partial charge < -0.3 is 19.7 Å². The van der Waals surface area contributed by atoms with Crippen LogP contribution in [0.1, 0.15) is 37.2 Å². The Bertz CT molecular complexity index is 995. The molecule has 0 saturated carbocycles. The lowest BCUT2D eigenvalue weighted by molar-refractivity contribution is -0.142. The van der Waals surface area contributed by atoms with E-state index in [0.717, 1.165) is 36.3 Å². The Morgan fingerprint density at radius 2 is 2.00 bits per heavy atom. The van der Waals surface area contributed by atoms with E-state index in [0.29, 0.717) is 24.7 Å². The smallest absolute Gasteiger partial charge is 0.230 e. The number of para-hydroxylation sites is 1. The van der Waals surface area contributed by atoms with E-state index in [4.69, 9.17) is 21.1 Å². The molecular weight excluding hydrogens is 416 g/mol. The lowest BCUT2D eigenvalue weighted by atomic mass is 9.85. The van der Waals surface area contributed by atoms with Crippen LogP contribution in [-0.4, -0.2) is 48.1 Å². The molecule has 2 aromatic rings. The van der Waals surface area contributed by atoms with Crippen LogP contribution in [0, 0.1) is 0 Å². The molecule has 3 heterocycles. The molecule has 0 bridgehead atoms. The first-order valence-electron chi connectivity index (χ1n) is 10.8. The summed E-state index contributed by atoms with van der Waals surface area (Å²) in [4.78, 5) is 27.5. The highest BCUT2D eigenvalue weighted by Crippen LogP contribution is 2.39. The fourth-order valence-corrected chi connectivity index (χ4v) is 5.13. The van der Waals surface area contributed by atoms with Gasteiger partial charge in [-0.15, -0.1) is 0 Å². The fourth-order valence-electron chi connectivity index (χ4n) is 5.01. The zero-order chi connectivity index (χ0) is 21.4. The molecule has 2 aromatic carbocycles. The van der Waals surface area contributed by atoms with Gasteiger partial charge >= 0.3 is 0 Å². The third kappa shape index (κ3) is 4.14. The molecule has 2 saturated heterocycles. The Morgan fingerprint density at radius 3 is 2.84 bits per heavy atom. The van der Waals surface area contributed by atoms with Crippen LogP contribution in [0.15, 0.2) is 48.5 Å². The molecule has 7 heteroatoms. The summed E-state index contributed by atoms with van der Waals surface area (Å²) in [6, 6.07) is 14.9. The van der Waals surface area contributed by atoms with Crippen molar-refractivity contribution in [3.63, 3.8) is 0 Å². The van der Waals surface area contributed by atoms with E-state index < -0.39 is 5.92 Å². The van der Waals surface area contributed by atoms with Crippen LogP contribution >= 0.6 is 11.6 Å². The number of carbonyl (C=O) groups is 2. The highest BCUT2D eigenvalue weighted by molar-refractivity contribution is 6.30. The summed E-state index contributed by atoms with van der Waals surface area (Å²) in [6.07, 6.45) is 2.64. The number of fused-ring (bicyclic) bond motifs is 1. The van der Waals surface area contributed by atoms with Crippen LogP contribution in [0.2, 0.25) is 5.02 Å². The average molecular weight is 441 g/mol. The summed E-state index contributed by atoms with van der Waals surface area (Å²) >= 11 is 5.95. The van der Waals surface area contributed by atoms with E-state index >= 15 is 0 Å². The van der Waals surface area contributed by atoms with Gasteiger partial charge in [-0.3, -0.25) is 9.59 Å². The van der Waals surface area contributed by atoms with Crippen molar-refractivity contribution >= 4 is 29.1 Å². The van der Waals surface area contributed by atoms with Crippen molar-refractivity contribution in [2.45, 2.75) is 43.3 Å². The minimum absolute atomic E-state index is 0.00652. The van der Waals surface area contributed by atoms with E-state index in [-0.39, 0.29) is 29.9 Å². The van der Waals surface area contributed by atoms with Gasteiger partial charge in [-0.25, -0.2) is 0 Å². The largest absolute Gasteiger partial charge is 0.488 e. The molecule has 0 radical (unpaired) electrons. The first kappa shape index (κ1) is 20.3. The van der Waals surface area contributed by atoms with Gasteiger partial charge in [0.15, 0.2) is 0 Å². The summed E-state index contributed by atoms with van der Waals surface area (Å²) in [6.45, 7) is 1.72. The average Bonchev–Trinajstić information content (AvgIpc) is 3.15. The second-order valence-corrected chi connectivity index (χ2v) is 9.08. The Morgan fingerprint density at radius 1 is 1.19 bits per heavy atom. The van der Waals surface area contributed by atoms with Crippen molar-refractivity contribution in [1.82, 2.24) is 4.90 Å². The highest BCUT2D eigenvalue weighted by Gasteiger charge is 2.46. The normalized spacial score (nSPS) is 27.6. The predicted octanol–water partition coefficient (Wildman–Crippen LogP) is 3.99. The number of rotatable bonds is 3. The van der Waals surface area contributed by atoms with Gasteiger partial charge in [0.05, 0.1) is 18.1 Å². The molecule has 3 aliphatic heterocycles. The van der Waals surface area contributed by atoms with Crippen molar-refractivity contribution in [2.75, 3.05) is 25.0 Å². The monoisotopic (exact) mass is 440 g/mol. The molecule has 31 heavy (non-hydrogen) atoms. The Kier molecular flexibility index (Phi) is 5.36. The summed E-state index contributed by atoms with van der Waals surface area (Å²) in [7, 11) is 0. The number of ether oxygens (including phenoxy) is 2. The number of likely N-dealkylation sites (tertiary alicyclic amines) is 1. The number of hydrogen-bond donors (Lipinski definition) is 1. The van der Waals surface area contributed by atoms with Crippen molar-refractivity contribution in [3.8, 4) is 5.75 Å². The molecule has 5 rings (SSSR count). The van der Waals surface area contributed by atoms with Crippen LogP contribution in [0.3, 0.4) is 0 Å². The van der Waals surface area contributed by atoms with Crippen LogP contribution in [-0.2, 0) is 14.3 Å². The van der Waals surface area contributed by atoms with E-state index in [1.807, 2.05) is 53.4 Å². The summed E-state index contributed by atoms with van der Waals surface area (Å²) in [5.74, 6) is 0.218. The zero-order valence-electron chi connectivity index (χ0n) is 17.2. The predicted molar refractivity (Wildman–Crippen MR) is 117 cm³/mol.